The molecule has 0 heterocycles. The van der Waals surface area contributed by atoms with Crippen LogP contribution in [-0.4, -0.2) is 17.0 Å². The number of hydrogen-bond acceptors (Lipinski definition) is 3. The third kappa shape index (κ3) is 2.99. The molecule has 5 nitrogen and oxygen atoms in total. The van der Waals surface area contributed by atoms with E-state index in [-0.39, 0.29) is 17.6 Å². The lowest BCUT2D eigenvalue weighted by atomic mass is 9.72. The second kappa shape index (κ2) is 6.11. The number of carbonyl (C=O) groups excluding carboxylic acids is 1. The minimum Gasteiger partial charge on any atom is -0.409 e. The van der Waals surface area contributed by atoms with E-state index in [9.17, 15) is 9.18 Å². The smallest absolute Gasteiger partial charge is 0.238 e. The number of hydrogen-bond donors (Lipinski definition) is 3. The fourth-order valence-electron chi connectivity index (χ4n) is 2.77. The van der Waals surface area contributed by atoms with E-state index < -0.39 is 5.41 Å². The summed E-state index contributed by atoms with van der Waals surface area (Å²) < 4.78 is 13.6. The number of carbonyl (C=O) groups is 1. The summed E-state index contributed by atoms with van der Waals surface area (Å²) in [5.74, 6) is -0.803. The molecule has 0 saturated heterocycles. The molecule has 1 aliphatic carbocycles. The summed E-state index contributed by atoms with van der Waals surface area (Å²) in [4.78, 5) is 12.6. The van der Waals surface area contributed by atoms with Gasteiger partial charge in [-0.25, -0.2) is 4.39 Å². The summed E-state index contributed by atoms with van der Waals surface area (Å²) in [6, 6.07) is 4.51. The zero-order valence-corrected chi connectivity index (χ0v) is 12.0. The Morgan fingerprint density at radius 1 is 1.38 bits per heavy atom. The van der Waals surface area contributed by atoms with Crippen molar-refractivity contribution in [2.75, 3.05) is 5.32 Å². The number of nitrogens with one attached hydrogen (secondary N) is 1. The molecular formula is C15H20FN3O2. The lowest BCUT2D eigenvalue weighted by Crippen LogP contribution is -2.48. The van der Waals surface area contributed by atoms with E-state index in [4.69, 9.17) is 10.9 Å². The van der Waals surface area contributed by atoms with Crippen LogP contribution < -0.4 is 11.1 Å². The molecule has 0 radical (unpaired) electrons. The van der Waals surface area contributed by atoms with E-state index in [1.807, 2.05) is 0 Å². The number of amides is 1. The largest absolute Gasteiger partial charge is 0.409 e. The molecule has 4 N–H and O–H groups in total. The predicted octanol–water partition coefficient (Wildman–Crippen LogP) is 2.77. The first kappa shape index (κ1) is 15.3. The highest BCUT2D eigenvalue weighted by Crippen LogP contribution is 2.37. The van der Waals surface area contributed by atoms with Gasteiger partial charge < -0.3 is 16.3 Å². The number of anilines is 1. The van der Waals surface area contributed by atoms with Gasteiger partial charge >= 0.3 is 0 Å². The van der Waals surface area contributed by atoms with Crippen molar-refractivity contribution in [1.29, 1.82) is 0 Å². The quantitative estimate of drug-likeness (QED) is 0.346. The van der Waals surface area contributed by atoms with Crippen molar-refractivity contribution in [1.82, 2.24) is 0 Å². The first-order valence-corrected chi connectivity index (χ1v) is 7.05. The van der Waals surface area contributed by atoms with Crippen LogP contribution >= 0.6 is 0 Å². The Hall–Kier alpha value is -2.11. The van der Waals surface area contributed by atoms with Gasteiger partial charge in [-0.3, -0.25) is 4.79 Å². The molecule has 6 heteroatoms. The molecule has 2 rings (SSSR count). The Balaban J connectivity index is 2.24. The Kier molecular flexibility index (Phi) is 4.45. The highest BCUT2D eigenvalue weighted by atomic mass is 19.1. The van der Waals surface area contributed by atoms with Gasteiger partial charge in [0.2, 0.25) is 5.91 Å². The van der Waals surface area contributed by atoms with Crippen molar-refractivity contribution in [3.8, 4) is 0 Å². The number of nitrogens with zero attached hydrogens (tertiary/aromatic N) is 1. The van der Waals surface area contributed by atoms with Crippen LogP contribution in [0.2, 0.25) is 0 Å². The summed E-state index contributed by atoms with van der Waals surface area (Å²) in [6.07, 6.45) is 3.76. The van der Waals surface area contributed by atoms with Crippen molar-refractivity contribution in [3.05, 3.63) is 29.6 Å². The van der Waals surface area contributed by atoms with Crippen LogP contribution in [0, 0.1) is 18.2 Å². The van der Waals surface area contributed by atoms with Gasteiger partial charge in [-0.2, -0.15) is 0 Å². The van der Waals surface area contributed by atoms with Gasteiger partial charge in [-0.1, -0.05) is 30.5 Å². The Labute approximate surface area is 123 Å². The van der Waals surface area contributed by atoms with Crippen LogP contribution in [0.3, 0.4) is 0 Å². The summed E-state index contributed by atoms with van der Waals surface area (Å²) in [5, 5.41) is 14.7. The topological polar surface area (TPSA) is 87.7 Å². The first-order valence-electron chi connectivity index (χ1n) is 7.05. The van der Waals surface area contributed by atoms with Crippen LogP contribution in [-0.2, 0) is 4.79 Å². The van der Waals surface area contributed by atoms with Crippen molar-refractivity contribution < 1.29 is 14.4 Å². The molecule has 114 valence electrons. The Morgan fingerprint density at radius 3 is 2.62 bits per heavy atom. The number of nitrogens with two attached hydrogens (primary N) is 1. The Morgan fingerprint density at radius 2 is 2.05 bits per heavy atom. The minimum absolute atomic E-state index is 0.0766. The molecule has 0 bridgehead atoms. The summed E-state index contributed by atoms with van der Waals surface area (Å²) in [5.41, 5.74) is 5.64. The van der Waals surface area contributed by atoms with E-state index in [0.717, 1.165) is 19.3 Å². The van der Waals surface area contributed by atoms with Gasteiger partial charge in [0, 0.05) is 5.69 Å². The second-order valence-corrected chi connectivity index (χ2v) is 5.55. The number of oxime groups is 1. The van der Waals surface area contributed by atoms with Gasteiger partial charge in [0.1, 0.15) is 11.2 Å². The molecule has 0 aliphatic heterocycles. The zero-order chi connectivity index (χ0) is 15.5. The predicted molar refractivity (Wildman–Crippen MR) is 78.7 cm³/mol. The SMILES string of the molecule is Cc1ccc(NC(=O)C2(C(N)=NO)CCCCC2)cc1F. The third-order valence-corrected chi connectivity index (χ3v) is 4.17. The minimum atomic E-state index is -1.01. The second-order valence-electron chi connectivity index (χ2n) is 5.55. The maximum Gasteiger partial charge on any atom is 0.238 e. The highest BCUT2D eigenvalue weighted by molar-refractivity contribution is 6.11. The fourth-order valence-corrected chi connectivity index (χ4v) is 2.77. The Bertz CT molecular complexity index is 566. The van der Waals surface area contributed by atoms with Crippen molar-refractivity contribution in [2.45, 2.75) is 39.0 Å². The van der Waals surface area contributed by atoms with E-state index >= 15 is 0 Å². The summed E-state index contributed by atoms with van der Waals surface area (Å²) in [7, 11) is 0. The maximum absolute atomic E-state index is 13.6. The number of halogens is 1. The molecule has 0 atom stereocenters. The number of aryl methyl sites for hydroxylation is 1. The van der Waals surface area contributed by atoms with Crippen molar-refractivity contribution in [2.24, 2.45) is 16.3 Å². The van der Waals surface area contributed by atoms with Crippen LogP contribution in [0.15, 0.2) is 23.4 Å². The number of benzene rings is 1. The van der Waals surface area contributed by atoms with Crippen molar-refractivity contribution >= 4 is 17.4 Å². The van der Waals surface area contributed by atoms with E-state index in [1.165, 1.54) is 6.07 Å². The molecule has 1 aromatic rings. The molecule has 1 aliphatic rings. The van der Waals surface area contributed by atoms with Gasteiger partial charge in [-0.15, -0.1) is 0 Å². The molecule has 1 aromatic carbocycles. The lowest BCUT2D eigenvalue weighted by Gasteiger charge is -2.34. The van der Waals surface area contributed by atoms with E-state index in [1.54, 1.807) is 19.1 Å². The van der Waals surface area contributed by atoms with Gasteiger partial charge in [-0.05, 0) is 37.5 Å². The first-order chi connectivity index (χ1) is 9.99. The van der Waals surface area contributed by atoms with E-state index in [0.29, 0.717) is 24.1 Å². The highest BCUT2D eigenvalue weighted by Gasteiger charge is 2.43. The molecule has 0 unspecified atom stereocenters. The normalized spacial score (nSPS) is 18.3. The standard InChI is InChI=1S/C15H20FN3O2/c1-10-5-6-11(9-12(10)16)18-14(20)15(13(17)19-21)7-3-2-4-8-15/h5-6,9,21H,2-4,7-8H2,1H3,(H2,17,19)(H,18,20). The third-order valence-electron chi connectivity index (χ3n) is 4.17. The van der Waals surface area contributed by atoms with Crippen LogP contribution in [0.5, 0.6) is 0 Å². The maximum atomic E-state index is 13.6. The van der Waals surface area contributed by atoms with Gasteiger partial charge in [0.25, 0.3) is 0 Å². The number of amidine groups is 1. The monoisotopic (exact) mass is 293 g/mol. The van der Waals surface area contributed by atoms with Crippen molar-refractivity contribution in [3.63, 3.8) is 0 Å². The zero-order valence-electron chi connectivity index (χ0n) is 12.0. The summed E-state index contributed by atoms with van der Waals surface area (Å²) >= 11 is 0. The molecular weight excluding hydrogens is 273 g/mol. The summed E-state index contributed by atoms with van der Waals surface area (Å²) in [6.45, 7) is 1.65. The van der Waals surface area contributed by atoms with Gasteiger partial charge in [0.15, 0.2) is 5.84 Å². The van der Waals surface area contributed by atoms with Crippen LogP contribution in [0.25, 0.3) is 0 Å². The molecule has 0 spiro atoms. The average Bonchev–Trinajstić information content (AvgIpc) is 2.50. The lowest BCUT2D eigenvalue weighted by molar-refractivity contribution is -0.123. The van der Waals surface area contributed by atoms with Gasteiger partial charge in [0.05, 0.1) is 0 Å². The molecule has 1 saturated carbocycles. The van der Waals surface area contributed by atoms with Crippen LogP contribution in [0.4, 0.5) is 10.1 Å². The average molecular weight is 293 g/mol. The molecule has 0 aromatic heterocycles. The fraction of sp³-hybridized carbons (Fsp3) is 0.467. The molecule has 1 amide bonds. The van der Waals surface area contributed by atoms with Crippen LogP contribution in [0.1, 0.15) is 37.7 Å². The number of rotatable bonds is 3. The van der Waals surface area contributed by atoms with E-state index in [2.05, 4.69) is 10.5 Å². The molecule has 1 fully saturated rings. The molecule has 21 heavy (non-hydrogen) atoms.